The lowest BCUT2D eigenvalue weighted by molar-refractivity contribution is 0.778. The summed E-state index contributed by atoms with van der Waals surface area (Å²) in [5, 5.41) is 5.34. The molecule has 0 spiro atoms. The van der Waals surface area contributed by atoms with Crippen LogP contribution in [0.1, 0.15) is 35.9 Å². The van der Waals surface area contributed by atoms with Crippen molar-refractivity contribution in [3.63, 3.8) is 0 Å². The molecule has 2 aromatic rings. The van der Waals surface area contributed by atoms with Crippen LogP contribution in [0.3, 0.4) is 0 Å². The van der Waals surface area contributed by atoms with E-state index in [9.17, 15) is 0 Å². The van der Waals surface area contributed by atoms with Crippen molar-refractivity contribution < 1.29 is 0 Å². The van der Waals surface area contributed by atoms with Crippen molar-refractivity contribution in [1.29, 1.82) is 0 Å². The Hall–Kier alpha value is -1.39. The summed E-state index contributed by atoms with van der Waals surface area (Å²) in [7, 11) is 4.08. The van der Waals surface area contributed by atoms with Gasteiger partial charge in [0.25, 0.3) is 0 Å². The molecule has 0 aliphatic carbocycles. The number of hydrogen-bond donors (Lipinski definition) is 1. The van der Waals surface area contributed by atoms with Crippen LogP contribution in [0.2, 0.25) is 0 Å². The van der Waals surface area contributed by atoms with E-state index < -0.39 is 0 Å². The number of anilines is 1. The van der Waals surface area contributed by atoms with Crippen LogP contribution in [0.15, 0.2) is 29.6 Å². The topological polar surface area (TPSA) is 28.2 Å². The third-order valence-electron chi connectivity index (χ3n) is 3.23. The highest BCUT2D eigenvalue weighted by Crippen LogP contribution is 2.22. The molecule has 0 amide bonds. The molecule has 0 aliphatic heterocycles. The van der Waals surface area contributed by atoms with Gasteiger partial charge in [-0.15, -0.1) is 11.3 Å². The second-order valence-electron chi connectivity index (χ2n) is 5.38. The zero-order valence-electron chi connectivity index (χ0n) is 12.7. The van der Waals surface area contributed by atoms with E-state index >= 15 is 0 Å². The average molecular weight is 289 g/mol. The fraction of sp³-hybridized carbons (Fsp3) is 0.438. The molecule has 0 aromatic carbocycles. The van der Waals surface area contributed by atoms with Crippen molar-refractivity contribution in [3.05, 3.63) is 45.8 Å². The van der Waals surface area contributed by atoms with Gasteiger partial charge in [-0.1, -0.05) is 19.9 Å². The van der Waals surface area contributed by atoms with Gasteiger partial charge in [0.05, 0.1) is 6.54 Å². The number of thiophene rings is 1. The van der Waals surface area contributed by atoms with Gasteiger partial charge in [-0.2, -0.15) is 0 Å². The summed E-state index contributed by atoms with van der Waals surface area (Å²) in [6.45, 7) is 6.16. The molecular formula is C16H23N3S. The van der Waals surface area contributed by atoms with Crippen LogP contribution < -0.4 is 10.2 Å². The van der Waals surface area contributed by atoms with E-state index in [1.165, 1.54) is 10.4 Å². The highest BCUT2D eigenvalue weighted by Gasteiger charge is 2.10. The molecule has 0 radical (unpaired) electrons. The fourth-order valence-corrected chi connectivity index (χ4v) is 2.87. The van der Waals surface area contributed by atoms with Crippen molar-refractivity contribution in [2.75, 3.05) is 19.0 Å². The SMILES string of the molecule is CNCc1cc(C(C)C)nc(N(C)Cc2cccs2)c1. The Bertz CT molecular complexity index is 535. The predicted molar refractivity (Wildman–Crippen MR) is 87.5 cm³/mol. The first-order chi connectivity index (χ1) is 9.60. The highest BCUT2D eigenvalue weighted by molar-refractivity contribution is 7.09. The van der Waals surface area contributed by atoms with Crippen LogP contribution >= 0.6 is 11.3 Å². The molecule has 4 heteroatoms. The fourth-order valence-electron chi connectivity index (χ4n) is 2.11. The number of nitrogens with zero attached hydrogens (tertiary/aromatic N) is 2. The van der Waals surface area contributed by atoms with Gasteiger partial charge in [0.15, 0.2) is 0 Å². The predicted octanol–water partition coefficient (Wildman–Crippen LogP) is 3.62. The quantitative estimate of drug-likeness (QED) is 0.880. The van der Waals surface area contributed by atoms with E-state index in [0.29, 0.717) is 5.92 Å². The highest BCUT2D eigenvalue weighted by atomic mass is 32.1. The van der Waals surface area contributed by atoms with Crippen molar-refractivity contribution in [3.8, 4) is 0 Å². The van der Waals surface area contributed by atoms with Crippen LogP contribution in [0, 0.1) is 0 Å². The summed E-state index contributed by atoms with van der Waals surface area (Å²) >= 11 is 1.79. The van der Waals surface area contributed by atoms with E-state index in [-0.39, 0.29) is 0 Å². The summed E-state index contributed by atoms with van der Waals surface area (Å²) in [6, 6.07) is 8.64. The molecule has 3 nitrogen and oxygen atoms in total. The summed E-state index contributed by atoms with van der Waals surface area (Å²) in [6.07, 6.45) is 0. The number of nitrogens with one attached hydrogen (secondary N) is 1. The van der Waals surface area contributed by atoms with Crippen molar-refractivity contribution in [2.45, 2.75) is 32.9 Å². The first-order valence-electron chi connectivity index (χ1n) is 6.99. The number of rotatable bonds is 6. The molecule has 0 aliphatic rings. The molecule has 0 atom stereocenters. The van der Waals surface area contributed by atoms with Gasteiger partial charge >= 0.3 is 0 Å². The Kier molecular flexibility index (Phi) is 5.15. The molecular weight excluding hydrogens is 266 g/mol. The van der Waals surface area contributed by atoms with Gasteiger partial charge in [-0.3, -0.25) is 0 Å². The lowest BCUT2D eigenvalue weighted by Crippen LogP contribution is -2.18. The van der Waals surface area contributed by atoms with E-state index in [0.717, 1.165) is 24.6 Å². The average Bonchev–Trinajstić information content (AvgIpc) is 2.91. The van der Waals surface area contributed by atoms with Gasteiger partial charge in [-0.05, 0) is 42.1 Å². The molecule has 0 fully saturated rings. The molecule has 108 valence electrons. The zero-order chi connectivity index (χ0) is 14.5. The minimum Gasteiger partial charge on any atom is -0.355 e. The molecule has 2 rings (SSSR count). The van der Waals surface area contributed by atoms with Gasteiger partial charge in [-0.25, -0.2) is 4.98 Å². The molecule has 2 aromatic heterocycles. The molecule has 1 N–H and O–H groups in total. The normalized spacial score (nSPS) is 11.1. The zero-order valence-corrected chi connectivity index (χ0v) is 13.5. The van der Waals surface area contributed by atoms with Gasteiger partial charge < -0.3 is 10.2 Å². The monoisotopic (exact) mass is 289 g/mol. The Balaban J connectivity index is 2.24. The van der Waals surface area contributed by atoms with Gasteiger partial charge in [0.1, 0.15) is 5.82 Å². The Morgan fingerprint density at radius 3 is 2.75 bits per heavy atom. The summed E-state index contributed by atoms with van der Waals surface area (Å²) in [5.41, 5.74) is 2.45. The van der Waals surface area contributed by atoms with E-state index in [1.54, 1.807) is 11.3 Å². The maximum absolute atomic E-state index is 4.80. The van der Waals surface area contributed by atoms with E-state index in [2.05, 4.69) is 60.8 Å². The largest absolute Gasteiger partial charge is 0.355 e. The summed E-state index contributed by atoms with van der Waals surface area (Å²) < 4.78 is 0. The van der Waals surface area contributed by atoms with E-state index in [4.69, 9.17) is 4.98 Å². The molecule has 0 saturated heterocycles. The smallest absolute Gasteiger partial charge is 0.129 e. The minimum absolute atomic E-state index is 0.445. The summed E-state index contributed by atoms with van der Waals surface area (Å²) in [4.78, 5) is 8.38. The number of hydrogen-bond acceptors (Lipinski definition) is 4. The van der Waals surface area contributed by atoms with E-state index in [1.807, 2.05) is 7.05 Å². The number of pyridine rings is 1. The molecule has 2 heterocycles. The van der Waals surface area contributed by atoms with Crippen LogP contribution in [-0.2, 0) is 13.1 Å². The lowest BCUT2D eigenvalue weighted by atomic mass is 10.1. The molecule has 0 unspecified atom stereocenters. The van der Waals surface area contributed by atoms with Gasteiger partial charge in [0, 0.05) is 24.2 Å². The van der Waals surface area contributed by atoms with Crippen molar-refractivity contribution in [1.82, 2.24) is 10.3 Å². The maximum Gasteiger partial charge on any atom is 0.129 e. The van der Waals surface area contributed by atoms with Crippen LogP contribution in [0.5, 0.6) is 0 Å². The lowest BCUT2D eigenvalue weighted by Gasteiger charge is -2.20. The minimum atomic E-state index is 0.445. The van der Waals surface area contributed by atoms with Gasteiger partial charge in [0.2, 0.25) is 0 Å². The molecule has 0 saturated carbocycles. The Labute approximate surface area is 125 Å². The molecule has 0 bridgehead atoms. The van der Waals surface area contributed by atoms with Crippen molar-refractivity contribution >= 4 is 17.2 Å². The summed E-state index contributed by atoms with van der Waals surface area (Å²) in [5.74, 6) is 1.50. The standard InChI is InChI=1S/C16H23N3S/c1-12(2)15-8-13(10-17-3)9-16(18-15)19(4)11-14-6-5-7-20-14/h5-9,12,17H,10-11H2,1-4H3. The molecule has 20 heavy (non-hydrogen) atoms. The number of aromatic nitrogens is 1. The Morgan fingerprint density at radius 1 is 1.35 bits per heavy atom. The van der Waals surface area contributed by atoms with Crippen LogP contribution in [0.25, 0.3) is 0 Å². The third-order valence-corrected chi connectivity index (χ3v) is 4.09. The Morgan fingerprint density at radius 2 is 2.15 bits per heavy atom. The van der Waals surface area contributed by atoms with Crippen LogP contribution in [0.4, 0.5) is 5.82 Å². The first kappa shape index (κ1) is 15.0. The van der Waals surface area contributed by atoms with Crippen LogP contribution in [-0.4, -0.2) is 19.1 Å². The third kappa shape index (κ3) is 3.81. The second kappa shape index (κ2) is 6.86. The second-order valence-corrected chi connectivity index (χ2v) is 6.41. The van der Waals surface area contributed by atoms with Crippen molar-refractivity contribution in [2.24, 2.45) is 0 Å². The maximum atomic E-state index is 4.80. The first-order valence-corrected chi connectivity index (χ1v) is 7.87.